The molecule has 0 aromatic heterocycles. The maximum Gasteiger partial charge on any atom is 0.260 e. The van der Waals surface area contributed by atoms with Crippen molar-refractivity contribution in [2.45, 2.75) is 64.9 Å². The number of hydrogen-bond donors (Lipinski definition) is 0. The zero-order valence-corrected chi connectivity index (χ0v) is 19.2. The SMILES string of the molecule is CCCC(C)OP(=S)(N(C)C(=O)c1ccccc1)N(C)C(=O)C1CCCCC1. The molecule has 0 radical (unpaired) electrons. The summed E-state index contributed by atoms with van der Waals surface area (Å²) in [5, 5.41) is 0. The molecule has 2 atom stereocenters. The van der Waals surface area contributed by atoms with E-state index in [0.717, 1.165) is 38.5 Å². The van der Waals surface area contributed by atoms with Crippen molar-refractivity contribution in [3.63, 3.8) is 0 Å². The number of rotatable bonds is 8. The Kier molecular flexibility index (Phi) is 8.66. The monoisotopic (exact) mass is 424 g/mol. The first-order chi connectivity index (χ1) is 13.3. The third kappa shape index (κ3) is 5.43. The minimum atomic E-state index is -3.03. The molecule has 1 aliphatic rings. The summed E-state index contributed by atoms with van der Waals surface area (Å²) in [4.78, 5) is 26.3. The van der Waals surface area contributed by atoms with Crippen molar-refractivity contribution < 1.29 is 14.1 Å². The van der Waals surface area contributed by atoms with Gasteiger partial charge in [-0.05, 0) is 50.1 Å². The van der Waals surface area contributed by atoms with E-state index in [4.69, 9.17) is 16.3 Å². The van der Waals surface area contributed by atoms with Gasteiger partial charge < -0.3 is 4.52 Å². The Morgan fingerprint density at radius 3 is 2.32 bits per heavy atom. The lowest BCUT2D eigenvalue weighted by atomic mass is 9.89. The van der Waals surface area contributed by atoms with Gasteiger partial charge in [0.2, 0.25) is 5.91 Å². The van der Waals surface area contributed by atoms with Crippen LogP contribution >= 0.6 is 6.57 Å². The van der Waals surface area contributed by atoms with Crippen LogP contribution in [0.2, 0.25) is 0 Å². The van der Waals surface area contributed by atoms with Gasteiger partial charge in [-0.25, -0.2) is 0 Å². The number of carbonyl (C=O) groups excluding carboxylic acids is 2. The first-order valence-electron chi connectivity index (χ1n) is 10.2. The predicted octanol–water partition coefficient (Wildman–Crippen LogP) is 5.23. The number of carbonyl (C=O) groups is 2. The van der Waals surface area contributed by atoms with Crippen LogP contribution in [-0.4, -0.2) is 41.4 Å². The Balaban J connectivity index is 2.31. The molecule has 1 aromatic rings. The maximum absolute atomic E-state index is 13.2. The van der Waals surface area contributed by atoms with E-state index in [0.29, 0.717) is 5.56 Å². The lowest BCUT2D eigenvalue weighted by molar-refractivity contribution is -0.131. The smallest absolute Gasteiger partial charge is 0.260 e. The Labute approximate surface area is 174 Å². The number of amides is 2. The summed E-state index contributed by atoms with van der Waals surface area (Å²) < 4.78 is 9.36. The van der Waals surface area contributed by atoms with Crippen molar-refractivity contribution in [3.8, 4) is 0 Å². The van der Waals surface area contributed by atoms with Crippen molar-refractivity contribution >= 4 is 30.2 Å². The van der Waals surface area contributed by atoms with Crippen LogP contribution in [0.5, 0.6) is 0 Å². The van der Waals surface area contributed by atoms with Crippen molar-refractivity contribution in [1.82, 2.24) is 9.34 Å². The van der Waals surface area contributed by atoms with Crippen molar-refractivity contribution in [2.24, 2.45) is 5.92 Å². The second-order valence-electron chi connectivity index (χ2n) is 7.59. The van der Waals surface area contributed by atoms with Gasteiger partial charge in [-0.2, -0.15) is 0 Å². The van der Waals surface area contributed by atoms with E-state index in [1.54, 1.807) is 30.9 Å². The molecule has 0 saturated heterocycles. The largest absolute Gasteiger partial charge is 0.315 e. The molecular formula is C21H33N2O3PS. The third-order valence-corrected chi connectivity index (χ3v) is 9.62. The molecule has 28 heavy (non-hydrogen) atoms. The highest BCUT2D eigenvalue weighted by atomic mass is 32.5. The van der Waals surface area contributed by atoms with Gasteiger partial charge in [-0.15, -0.1) is 0 Å². The molecule has 0 bridgehead atoms. The third-order valence-electron chi connectivity index (χ3n) is 5.36. The van der Waals surface area contributed by atoms with Gasteiger partial charge in [0, 0.05) is 25.6 Å². The summed E-state index contributed by atoms with van der Waals surface area (Å²) in [6.07, 6.45) is 6.75. The lowest BCUT2D eigenvalue weighted by Crippen LogP contribution is -2.39. The molecule has 0 aliphatic heterocycles. The molecule has 0 heterocycles. The average molecular weight is 425 g/mol. The van der Waals surface area contributed by atoms with Crippen molar-refractivity contribution in [2.75, 3.05) is 14.1 Å². The fourth-order valence-electron chi connectivity index (χ4n) is 3.66. The maximum atomic E-state index is 13.2. The van der Waals surface area contributed by atoms with Gasteiger partial charge in [-0.1, -0.05) is 50.8 Å². The standard InChI is InChI=1S/C21H33N2O3PS/c1-5-12-17(2)26-27(28,22(3)20(24)18-13-8-6-9-14-18)23(4)21(25)19-15-10-7-11-16-19/h6,8-9,13-14,17,19H,5,7,10-12,15-16H2,1-4H3. The molecule has 0 N–H and O–H groups in total. The van der Waals surface area contributed by atoms with Crippen LogP contribution in [-0.2, 0) is 21.1 Å². The van der Waals surface area contributed by atoms with Gasteiger partial charge in [-0.3, -0.25) is 18.9 Å². The molecule has 7 heteroatoms. The predicted molar refractivity (Wildman–Crippen MR) is 118 cm³/mol. The minimum absolute atomic E-state index is 0.0134. The van der Waals surface area contributed by atoms with Crippen LogP contribution in [0.1, 0.15) is 69.2 Å². The van der Waals surface area contributed by atoms with E-state index in [1.807, 2.05) is 25.1 Å². The molecule has 2 rings (SSSR count). The van der Waals surface area contributed by atoms with Gasteiger partial charge in [0.1, 0.15) is 0 Å². The second-order valence-corrected chi connectivity index (χ2v) is 11.4. The molecule has 1 fully saturated rings. The van der Waals surface area contributed by atoms with Gasteiger partial charge in [0.05, 0.1) is 6.10 Å². The van der Waals surface area contributed by atoms with E-state index < -0.39 is 6.57 Å². The zero-order valence-electron chi connectivity index (χ0n) is 17.5. The van der Waals surface area contributed by atoms with Gasteiger partial charge >= 0.3 is 0 Å². The molecular weight excluding hydrogens is 391 g/mol. The van der Waals surface area contributed by atoms with Crippen LogP contribution in [0.4, 0.5) is 0 Å². The summed E-state index contributed by atoms with van der Waals surface area (Å²) in [5.41, 5.74) is 0.546. The van der Waals surface area contributed by atoms with Crippen LogP contribution in [0, 0.1) is 5.92 Å². The van der Waals surface area contributed by atoms with Gasteiger partial charge in [0.15, 0.2) is 0 Å². The molecule has 2 amide bonds. The van der Waals surface area contributed by atoms with Gasteiger partial charge in [0.25, 0.3) is 12.5 Å². The minimum Gasteiger partial charge on any atom is -0.315 e. The summed E-state index contributed by atoms with van der Waals surface area (Å²) in [6, 6.07) is 9.03. The van der Waals surface area contributed by atoms with Crippen molar-refractivity contribution in [3.05, 3.63) is 35.9 Å². The summed E-state index contributed by atoms with van der Waals surface area (Å²) >= 11 is 5.96. The second kappa shape index (κ2) is 10.5. The first-order valence-corrected chi connectivity index (χ1v) is 12.8. The fraction of sp³-hybridized carbons (Fsp3) is 0.619. The number of benzene rings is 1. The number of nitrogens with zero attached hydrogens (tertiary/aromatic N) is 2. The summed E-state index contributed by atoms with van der Waals surface area (Å²) in [5.74, 6) is -0.221. The summed E-state index contributed by atoms with van der Waals surface area (Å²) in [7, 11) is 3.38. The number of hydrogen-bond acceptors (Lipinski definition) is 4. The van der Waals surface area contributed by atoms with E-state index in [1.165, 1.54) is 11.1 Å². The molecule has 2 unspecified atom stereocenters. The normalized spacial score (nSPS) is 18.1. The topological polar surface area (TPSA) is 49.9 Å². The van der Waals surface area contributed by atoms with Crippen LogP contribution < -0.4 is 0 Å². The van der Waals surface area contributed by atoms with Crippen LogP contribution in [0.3, 0.4) is 0 Å². The zero-order chi connectivity index (χ0) is 20.7. The van der Waals surface area contributed by atoms with Crippen molar-refractivity contribution in [1.29, 1.82) is 0 Å². The molecule has 1 aliphatic carbocycles. The molecule has 5 nitrogen and oxygen atoms in total. The Morgan fingerprint density at radius 1 is 1.14 bits per heavy atom. The van der Waals surface area contributed by atoms with E-state index in [2.05, 4.69) is 6.92 Å². The van der Waals surface area contributed by atoms with Crippen LogP contribution in [0.25, 0.3) is 0 Å². The highest BCUT2D eigenvalue weighted by Crippen LogP contribution is 2.55. The first kappa shape index (κ1) is 23.1. The quantitative estimate of drug-likeness (QED) is 0.537. The lowest BCUT2D eigenvalue weighted by Gasteiger charge is -2.41. The van der Waals surface area contributed by atoms with E-state index >= 15 is 0 Å². The molecule has 0 spiro atoms. The highest BCUT2D eigenvalue weighted by molar-refractivity contribution is 8.10. The Morgan fingerprint density at radius 2 is 1.75 bits per heavy atom. The van der Waals surface area contributed by atoms with E-state index in [-0.39, 0.29) is 23.8 Å². The Hall–Kier alpha value is -1.23. The Bertz CT molecular complexity index is 707. The average Bonchev–Trinajstić information content (AvgIpc) is 2.72. The molecule has 156 valence electrons. The highest BCUT2D eigenvalue weighted by Gasteiger charge is 2.39. The fourth-order valence-corrected chi connectivity index (χ4v) is 6.58. The molecule has 1 aromatic carbocycles. The van der Waals surface area contributed by atoms with Crippen LogP contribution in [0.15, 0.2) is 30.3 Å². The summed E-state index contributed by atoms with van der Waals surface area (Å²) in [6.45, 7) is 1.01. The van der Waals surface area contributed by atoms with E-state index in [9.17, 15) is 9.59 Å². The molecule has 1 saturated carbocycles.